The van der Waals surface area contributed by atoms with Crippen LogP contribution in [-0.4, -0.2) is 70.5 Å². The van der Waals surface area contributed by atoms with Crippen molar-refractivity contribution in [1.29, 1.82) is 0 Å². The number of anilines is 1. The molecule has 1 fully saturated rings. The summed E-state index contributed by atoms with van der Waals surface area (Å²) in [4.78, 5) is 29.2. The van der Waals surface area contributed by atoms with E-state index in [9.17, 15) is 9.59 Å². The molecule has 2 aromatic rings. The largest absolute Gasteiger partial charge is 0.493 e. The summed E-state index contributed by atoms with van der Waals surface area (Å²) in [6.07, 6.45) is 0. The minimum atomic E-state index is -0.536. The quantitative estimate of drug-likeness (QED) is 0.583. The van der Waals surface area contributed by atoms with Gasteiger partial charge in [-0.2, -0.15) is 0 Å². The maximum atomic E-state index is 12.6. The van der Waals surface area contributed by atoms with E-state index in [0.717, 1.165) is 18.0 Å². The molecule has 0 bridgehead atoms. The van der Waals surface area contributed by atoms with E-state index in [0.29, 0.717) is 47.8 Å². The molecule has 0 unspecified atom stereocenters. The first-order valence-electron chi connectivity index (χ1n) is 9.23. The Balaban J connectivity index is 1.95. The predicted octanol–water partition coefficient (Wildman–Crippen LogP) is 0.215. The Kier molecular flexibility index (Phi) is 6.37. The summed E-state index contributed by atoms with van der Waals surface area (Å²) >= 11 is 0. The number of quaternary nitrogens is 1. The van der Waals surface area contributed by atoms with Crippen LogP contribution in [0.25, 0.3) is 10.9 Å². The third-order valence-corrected chi connectivity index (χ3v) is 4.66. The number of H-pyrrole nitrogens is 1. The van der Waals surface area contributed by atoms with Crippen LogP contribution in [0.2, 0.25) is 0 Å². The number of ether oxygens (including phenoxy) is 4. The molecular weight excluding hydrogens is 366 g/mol. The summed E-state index contributed by atoms with van der Waals surface area (Å²) in [5.74, 6) is 0.296. The number of methoxy groups -OCH3 is 2. The first-order chi connectivity index (χ1) is 13.6. The number of hydrogen-bond acceptors (Lipinski definition) is 6. The van der Waals surface area contributed by atoms with Crippen molar-refractivity contribution in [3.8, 4) is 11.5 Å². The van der Waals surface area contributed by atoms with Crippen LogP contribution in [-0.2, 0) is 14.3 Å². The lowest BCUT2D eigenvalue weighted by Crippen LogP contribution is -3.15. The van der Waals surface area contributed by atoms with Gasteiger partial charge < -0.3 is 34.1 Å². The zero-order valence-corrected chi connectivity index (χ0v) is 16.3. The number of morpholine rings is 1. The SMILES string of the molecule is CCOC(=O)c1[nH]c2cc(OC)c(OC)cc2c1NC(=O)C[NH+]1CCOCC1. The molecule has 1 aliphatic heterocycles. The maximum absolute atomic E-state index is 12.6. The Morgan fingerprint density at radius 1 is 1.18 bits per heavy atom. The molecule has 1 aliphatic rings. The first kappa shape index (κ1) is 20.0. The summed E-state index contributed by atoms with van der Waals surface area (Å²) in [5.41, 5.74) is 1.21. The lowest BCUT2D eigenvalue weighted by Gasteiger charge is -2.23. The van der Waals surface area contributed by atoms with Crippen molar-refractivity contribution >= 4 is 28.5 Å². The number of aromatic nitrogens is 1. The Labute approximate surface area is 162 Å². The summed E-state index contributed by atoms with van der Waals surface area (Å²) < 4.78 is 21.1. The van der Waals surface area contributed by atoms with Crippen molar-refractivity contribution in [2.24, 2.45) is 0 Å². The molecule has 9 nitrogen and oxygen atoms in total. The van der Waals surface area contributed by atoms with Crippen molar-refractivity contribution < 1.29 is 33.4 Å². The number of carbonyl (C=O) groups excluding carboxylic acids is 2. The average Bonchev–Trinajstić information content (AvgIpc) is 3.05. The summed E-state index contributed by atoms with van der Waals surface area (Å²) in [6.45, 7) is 5.08. The van der Waals surface area contributed by atoms with E-state index in [1.807, 2.05) is 0 Å². The number of esters is 1. The van der Waals surface area contributed by atoms with Gasteiger partial charge in [-0.3, -0.25) is 4.79 Å². The molecule has 28 heavy (non-hydrogen) atoms. The molecule has 1 aromatic carbocycles. The van der Waals surface area contributed by atoms with Crippen molar-refractivity contribution in [1.82, 2.24) is 4.98 Å². The van der Waals surface area contributed by atoms with Gasteiger partial charge in [-0.25, -0.2) is 4.79 Å². The number of nitrogens with one attached hydrogen (secondary N) is 3. The van der Waals surface area contributed by atoms with Gasteiger partial charge in [0, 0.05) is 11.5 Å². The number of rotatable bonds is 7. The molecule has 0 spiro atoms. The lowest BCUT2D eigenvalue weighted by molar-refractivity contribution is -0.899. The predicted molar refractivity (Wildman–Crippen MR) is 102 cm³/mol. The molecule has 0 aliphatic carbocycles. The minimum absolute atomic E-state index is 0.182. The zero-order valence-electron chi connectivity index (χ0n) is 16.3. The van der Waals surface area contributed by atoms with Gasteiger partial charge in [0.15, 0.2) is 18.0 Å². The van der Waals surface area contributed by atoms with Crippen molar-refractivity contribution in [3.63, 3.8) is 0 Å². The fraction of sp³-hybridized carbons (Fsp3) is 0.474. The monoisotopic (exact) mass is 392 g/mol. The van der Waals surface area contributed by atoms with Gasteiger partial charge in [-0.15, -0.1) is 0 Å². The number of amides is 1. The molecule has 1 saturated heterocycles. The van der Waals surface area contributed by atoms with E-state index in [1.165, 1.54) is 14.2 Å². The van der Waals surface area contributed by atoms with E-state index < -0.39 is 5.97 Å². The topological polar surface area (TPSA) is 103 Å². The molecule has 2 heterocycles. The highest BCUT2D eigenvalue weighted by atomic mass is 16.5. The normalized spacial score (nSPS) is 14.7. The molecular formula is C19H26N3O6+. The highest BCUT2D eigenvalue weighted by Crippen LogP contribution is 2.37. The van der Waals surface area contributed by atoms with E-state index in [-0.39, 0.29) is 18.2 Å². The molecule has 3 N–H and O–H groups in total. The van der Waals surface area contributed by atoms with E-state index in [1.54, 1.807) is 19.1 Å². The third kappa shape index (κ3) is 4.20. The Hall–Kier alpha value is -2.78. The van der Waals surface area contributed by atoms with E-state index >= 15 is 0 Å². The summed E-state index contributed by atoms with van der Waals surface area (Å²) in [6, 6.07) is 3.45. The molecule has 1 amide bonds. The smallest absolute Gasteiger partial charge is 0.356 e. The van der Waals surface area contributed by atoms with Crippen LogP contribution in [0.5, 0.6) is 11.5 Å². The maximum Gasteiger partial charge on any atom is 0.356 e. The number of carbonyl (C=O) groups is 2. The molecule has 9 heteroatoms. The van der Waals surface area contributed by atoms with Crippen LogP contribution in [0, 0.1) is 0 Å². The van der Waals surface area contributed by atoms with Crippen LogP contribution in [0.15, 0.2) is 12.1 Å². The van der Waals surface area contributed by atoms with E-state index in [2.05, 4.69) is 10.3 Å². The Bertz CT molecular complexity index is 857. The van der Waals surface area contributed by atoms with Crippen LogP contribution < -0.4 is 19.7 Å². The molecule has 152 valence electrons. The Morgan fingerprint density at radius 2 is 1.86 bits per heavy atom. The van der Waals surface area contributed by atoms with Crippen LogP contribution in [0.4, 0.5) is 5.69 Å². The van der Waals surface area contributed by atoms with Gasteiger partial charge >= 0.3 is 5.97 Å². The highest BCUT2D eigenvalue weighted by Gasteiger charge is 2.24. The van der Waals surface area contributed by atoms with Crippen molar-refractivity contribution in [2.45, 2.75) is 6.92 Å². The van der Waals surface area contributed by atoms with Crippen LogP contribution in [0.1, 0.15) is 17.4 Å². The second kappa shape index (κ2) is 8.94. The second-order valence-electron chi connectivity index (χ2n) is 6.44. The second-order valence-corrected chi connectivity index (χ2v) is 6.44. The number of hydrogen-bond donors (Lipinski definition) is 3. The molecule has 1 aromatic heterocycles. The molecule has 0 saturated carbocycles. The number of aromatic amines is 1. The van der Waals surface area contributed by atoms with Crippen LogP contribution >= 0.6 is 0 Å². The van der Waals surface area contributed by atoms with Crippen LogP contribution in [0.3, 0.4) is 0 Å². The van der Waals surface area contributed by atoms with Crippen molar-refractivity contribution in [2.75, 3.05) is 59.0 Å². The third-order valence-electron chi connectivity index (χ3n) is 4.66. The minimum Gasteiger partial charge on any atom is -0.493 e. The lowest BCUT2D eigenvalue weighted by atomic mass is 10.2. The van der Waals surface area contributed by atoms with Crippen molar-refractivity contribution in [3.05, 3.63) is 17.8 Å². The van der Waals surface area contributed by atoms with Gasteiger partial charge in [-0.05, 0) is 13.0 Å². The number of benzene rings is 1. The van der Waals surface area contributed by atoms with Gasteiger partial charge in [-0.1, -0.05) is 0 Å². The van der Waals surface area contributed by atoms with Gasteiger partial charge in [0.25, 0.3) is 5.91 Å². The highest BCUT2D eigenvalue weighted by molar-refractivity contribution is 6.11. The summed E-state index contributed by atoms with van der Waals surface area (Å²) in [7, 11) is 3.06. The fourth-order valence-corrected chi connectivity index (χ4v) is 3.25. The molecule has 0 radical (unpaired) electrons. The van der Waals surface area contributed by atoms with Gasteiger partial charge in [0.2, 0.25) is 0 Å². The average molecular weight is 392 g/mol. The van der Waals surface area contributed by atoms with E-state index in [4.69, 9.17) is 18.9 Å². The zero-order chi connectivity index (χ0) is 20.1. The van der Waals surface area contributed by atoms with Gasteiger partial charge in [0.1, 0.15) is 18.8 Å². The Morgan fingerprint density at radius 3 is 2.50 bits per heavy atom. The standard InChI is InChI=1S/C19H25N3O6/c1-4-28-19(24)18-17(21-16(23)11-22-5-7-27-8-6-22)12-9-14(25-2)15(26-3)10-13(12)20-18/h9-10,20H,4-8,11H2,1-3H3,(H,21,23)/p+1. The summed E-state index contributed by atoms with van der Waals surface area (Å²) in [5, 5.41) is 3.52. The first-order valence-corrected chi connectivity index (χ1v) is 9.23. The number of fused-ring (bicyclic) bond motifs is 1. The molecule has 3 rings (SSSR count). The fourth-order valence-electron chi connectivity index (χ4n) is 3.25. The van der Waals surface area contributed by atoms with Gasteiger partial charge in [0.05, 0.1) is 45.2 Å². The molecule has 0 atom stereocenters.